The van der Waals surface area contributed by atoms with Gasteiger partial charge in [0.25, 0.3) is 0 Å². The van der Waals surface area contributed by atoms with Crippen LogP contribution in [0.3, 0.4) is 0 Å². The number of nitrogens with one attached hydrogen (secondary N) is 1. The minimum Gasteiger partial charge on any atom is -0.396 e. The fourth-order valence-electron chi connectivity index (χ4n) is 2.90. The Bertz CT molecular complexity index is 365. The molecule has 0 saturated carbocycles. The third kappa shape index (κ3) is 3.48. The molecule has 1 aliphatic rings. The van der Waals surface area contributed by atoms with Crippen LogP contribution >= 0.6 is 0 Å². The van der Waals surface area contributed by atoms with Crippen LogP contribution in [0.2, 0.25) is 0 Å². The molecule has 1 heterocycles. The van der Waals surface area contributed by atoms with E-state index in [2.05, 4.69) is 41.4 Å². The summed E-state index contributed by atoms with van der Waals surface area (Å²) in [7, 11) is 2.02. The van der Waals surface area contributed by atoms with Crippen molar-refractivity contribution in [1.29, 1.82) is 0 Å². The Balaban J connectivity index is 1.99. The van der Waals surface area contributed by atoms with E-state index in [4.69, 9.17) is 0 Å². The van der Waals surface area contributed by atoms with Crippen LogP contribution < -0.4 is 10.2 Å². The van der Waals surface area contributed by atoms with Crippen LogP contribution in [0.4, 0.5) is 5.69 Å². The monoisotopic (exact) mass is 262 g/mol. The highest BCUT2D eigenvalue weighted by Crippen LogP contribution is 2.25. The Kier molecular flexibility index (Phi) is 5.23. The summed E-state index contributed by atoms with van der Waals surface area (Å²) in [6.45, 7) is 4.67. The number of rotatable bonds is 5. The van der Waals surface area contributed by atoms with E-state index < -0.39 is 0 Å². The molecule has 0 radical (unpaired) electrons. The molecule has 0 amide bonds. The van der Waals surface area contributed by atoms with E-state index in [1.807, 2.05) is 7.05 Å². The van der Waals surface area contributed by atoms with E-state index >= 15 is 0 Å². The first-order valence-corrected chi connectivity index (χ1v) is 7.41. The largest absolute Gasteiger partial charge is 0.396 e. The second kappa shape index (κ2) is 6.92. The topological polar surface area (TPSA) is 35.5 Å². The highest BCUT2D eigenvalue weighted by Gasteiger charge is 2.18. The molecule has 3 nitrogen and oxygen atoms in total. The van der Waals surface area contributed by atoms with Gasteiger partial charge < -0.3 is 15.3 Å². The summed E-state index contributed by atoms with van der Waals surface area (Å²) in [5, 5.41) is 12.5. The first-order valence-electron chi connectivity index (χ1n) is 7.41. The molecule has 1 aromatic carbocycles. The molecule has 1 unspecified atom stereocenters. The molecule has 1 fully saturated rings. The third-order valence-electron chi connectivity index (χ3n) is 4.29. The molecule has 1 saturated heterocycles. The Hall–Kier alpha value is -1.06. The van der Waals surface area contributed by atoms with Gasteiger partial charge in [0.15, 0.2) is 0 Å². The average Bonchev–Trinajstić information content (AvgIpc) is 2.49. The lowest BCUT2D eigenvalue weighted by Gasteiger charge is -2.33. The summed E-state index contributed by atoms with van der Waals surface area (Å²) in [6.07, 6.45) is 3.32. The predicted molar refractivity (Wildman–Crippen MR) is 80.6 cm³/mol. The number of nitrogens with zero attached hydrogens (tertiary/aromatic N) is 1. The van der Waals surface area contributed by atoms with Gasteiger partial charge in [-0.1, -0.05) is 19.1 Å². The van der Waals surface area contributed by atoms with Crippen molar-refractivity contribution in [3.8, 4) is 0 Å². The smallest absolute Gasteiger partial charge is 0.0460 e. The summed E-state index contributed by atoms with van der Waals surface area (Å²) in [4.78, 5) is 2.43. The minimum atomic E-state index is 0.340. The van der Waals surface area contributed by atoms with Crippen LogP contribution in [0.15, 0.2) is 24.3 Å². The number of aliphatic hydroxyl groups is 1. The molecular formula is C16H26N2O. The summed E-state index contributed by atoms with van der Waals surface area (Å²) in [5.74, 6) is 0.504. The summed E-state index contributed by atoms with van der Waals surface area (Å²) in [6, 6.07) is 9.38. The van der Waals surface area contributed by atoms with Gasteiger partial charge in [0.05, 0.1) is 0 Å². The van der Waals surface area contributed by atoms with E-state index in [1.54, 1.807) is 0 Å². The van der Waals surface area contributed by atoms with Gasteiger partial charge in [-0.05, 0) is 49.9 Å². The molecule has 1 atom stereocenters. The summed E-state index contributed by atoms with van der Waals surface area (Å²) >= 11 is 0. The fraction of sp³-hybridized carbons (Fsp3) is 0.625. The molecule has 2 N–H and O–H groups in total. The van der Waals surface area contributed by atoms with Crippen LogP contribution in [-0.4, -0.2) is 31.9 Å². The van der Waals surface area contributed by atoms with E-state index in [9.17, 15) is 5.11 Å². The highest BCUT2D eigenvalue weighted by atomic mass is 16.3. The van der Waals surface area contributed by atoms with Crippen molar-refractivity contribution in [2.45, 2.75) is 32.2 Å². The molecule has 0 bridgehead atoms. The van der Waals surface area contributed by atoms with Gasteiger partial charge in [-0.2, -0.15) is 0 Å². The first-order chi connectivity index (χ1) is 9.28. The quantitative estimate of drug-likeness (QED) is 0.856. The Morgan fingerprint density at radius 1 is 1.26 bits per heavy atom. The molecule has 1 aliphatic heterocycles. The fourth-order valence-corrected chi connectivity index (χ4v) is 2.90. The molecule has 106 valence electrons. The lowest BCUT2D eigenvalue weighted by atomic mass is 9.97. The van der Waals surface area contributed by atoms with Crippen molar-refractivity contribution in [2.24, 2.45) is 5.92 Å². The van der Waals surface area contributed by atoms with Crippen molar-refractivity contribution in [2.75, 3.05) is 31.6 Å². The van der Waals surface area contributed by atoms with Gasteiger partial charge in [-0.25, -0.2) is 0 Å². The number of benzene rings is 1. The van der Waals surface area contributed by atoms with E-state index in [0.717, 1.165) is 32.4 Å². The molecular weight excluding hydrogens is 236 g/mol. The predicted octanol–water partition coefficient (Wildman–Crippen LogP) is 2.57. The Morgan fingerprint density at radius 2 is 1.89 bits per heavy atom. The van der Waals surface area contributed by atoms with Gasteiger partial charge in [-0.3, -0.25) is 0 Å². The number of hydrogen-bond donors (Lipinski definition) is 2. The van der Waals surface area contributed by atoms with Crippen LogP contribution in [0.25, 0.3) is 0 Å². The highest BCUT2D eigenvalue weighted by molar-refractivity contribution is 5.48. The molecule has 0 aromatic heterocycles. The standard InChI is InChI=1S/C16H26N2O/c1-3-16(17-2)14-4-6-15(7-5-14)18-10-8-13(12-19)9-11-18/h4-7,13,16-17,19H,3,8-12H2,1-2H3. The maximum atomic E-state index is 9.17. The summed E-state index contributed by atoms with van der Waals surface area (Å²) < 4.78 is 0. The second-order valence-corrected chi connectivity index (χ2v) is 5.45. The molecule has 2 rings (SSSR count). The van der Waals surface area contributed by atoms with Gasteiger partial charge in [-0.15, -0.1) is 0 Å². The minimum absolute atomic E-state index is 0.340. The maximum Gasteiger partial charge on any atom is 0.0460 e. The van der Waals surface area contributed by atoms with E-state index in [1.165, 1.54) is 11.3 Å². The van der Waals surface area contributed by atoms with Crippen LogP contribution in [0.1, 0.15) is 37.8 Å². The maximum absolute atomic E-state index is 9.17. The lowest BCUT2D eigenvalue weighted by molar-refractivity contribution is 0.203. The number of anilines is 1. The van der Waals surface area contributed by atoms with Crippen LogP contribution in [-0.2, 0) is 0 Å². The van der Waals surface area contributed by atoms with Gasteiger partial charge in [0, 0.05) is 31.4 Å². The van der Waals surface area contributed by atoms with E-state index in [0.29, 0.717) is 18.6 Å². The van der Waals surface area contributed by atoms with Gasteiger partial charge in [0.2, 0.25) is 0 Å². The Labute approximate surface area is 116 Å². The van der Waals surface area contributed by atoms with Gasteiger partial charge >= 0.3 is 0 Å². The SMILES string of the molecule is CCC(NC)c1ccc(N2CCC(CO)CC2)cc1. The number of hydrogen-bond acceptors (Lipinski definition) is 3. The molecule has 0 aliphatic carbocycles. The van der Waals surface area contributed by atoms with Crippen LogP contribution in [0.5, 0.6) is 0 Å². The van der Waals surface area contributed by atoms with Crippen molar-refractivity contribution in [1.82, 2.24) is 5.32 Å². The first kappa shape index (κ1) is 14.4. The van der Waals surface area contributed by atoms with Gasteiger partial charge in [0.1, 0.15) is 0 Å². The third-order valence-corrected chi connectivity index (χ3v) is 4.29. The number of piperidine rings is 1. The zero-order valence-electron chi connectivity index (χ0n) is 12.1. The van der Waals surface area contributed by atoms with Crippen molar-refractivity contribution in [3.63, 3.8) is 0 Å². The molecule has 1 aromatic rings. The summed E-state index contributed by atoms with van der Waals surface area (Å²) in [5.41, 5.74) is 2.67. The second-order valence-electron chi connectivity index (χ2n) is 5.45. The Morgan fingerprint density at radius 3 is 2.37 bits per heavy atom. The van der Waals surface area contributed by atoms with E-state index in [-0.39, 0.29) is 0 Å². The lowest BCUT2D eigenvalue weighted by Crippen LogP contribution is -2.34. The van der Waals surface area contributed by atoms with Crippen molar-refractivity contribution < 1.29 is 5.11 Å². The zero-order valence-corrected chi connectivity index (χ0v) is 12.1. The van der Waals surface area contributed by atoms with Crippen molar-refractivity contribution >= 4 is 5.69 Å². The van der Waals surface area contributed by atoms with Crippen LogP contribution in [0, 0.1) is 5.92 Å². The zero-order chi connectivity index (χ0) is 13.7. The normalized spacial score (nSPS) is 18.6. The number of aliphatic hydroxyl groups excluding tert-OH is 1. The molecule has 3 heteroatoms. The average molecular weight is 262 g/mol. The van der Waals surface area contributed by atoms with Crippen molar-refractivity contribution in [3.05, 3.63) is 29.8 Å². The molecule has 19 heavy (non-hydrogen) atoms. The molecule has 0 spiro atoms.